The number of halogens is 1. The molecule has 4 aromatic rings. The minimum Gasteiger partial charge on any atom is -0.495 e. The highest BCUT2D eigenvalue weighted by atomic mass is 32.1. The smallest absolute Gasteiger partial charge is 0.231 e. The Morgan fingerprint density at radius 3 is 2.88 bits per heavy atom. The van der Waals surface area contributed by atoms with Crippen LogP contribution in [-0.4, -0.2) is 45.0 Å². The molecular weight excluding hydrogens is 475 g/mol. The van der Waals surface area contributed by atoms with Gasteiger partial charge in [0, 0.05) is 12.1 Å². The van der Waals surface area contributed by atoms with Crippen LogP contribution in [0.3, 0.4) is 0 Å². The van der Waals surface area contributed by atoms with Gasteiger partial charge in [-0.1, -0.05) is 28.6 Å². The molecule has 0 amide bonds. The second-order valence-corrected chi connectivity index (χ2v) is 9.64. The Hall–Kier alpha value is -3.15. The number of rotatable bonds is 7. The van der Waals surface area contributed by atoms with Crippen molar-refractivity contribution in [1.29, 1.82) is 0 Å². The van der Waals surface area contributed by atoms with E-state index < -0.39 is 0 Å². The van der Waals surface area contributed by atoms with Gasteiger partial charge in [-0.25, -0.2) is 9.07 Å². The molecule has 2 aromatic heterocycles. The van der Waals surface area contributed by atoms with E-state index in [0.717, 1.165) is 42.9 Å². The summed E-state index contributed by atoms with van der Waals surface area (Å²) in [6.07, 6.45) is 1.97. The Labute approximate surface area is 205 Å². The number of methoxy groups -OCH3 is 1. The maximum atomic E-state index is 13.2. The molecule has 1 atom stereocenters. The Balaban J connectivity index is 1.25. The zero-order valence-corrected chi connectivity index (χ0v) is 20.1. The molecule has 0 unspecified atom stereocenters. The van der Waals surface area contributed by atoms with E-state index >= 15 is 0 Å². The summed E-state index contributed by atoms with van der Waals surface area (Å²) in [6, 6.07) is 13.8. The minimum absolute atomic E-state index is 0.120. The Kier molecular flexibility index (Phi) is 6.66. The van der Waals surface area contributed by atoms with E-state index in [1.165, 1.54) is 23.5 Å². The molecular formula is C23H23FN6O2S2. The molecule has 1 aliphatic heterocycles. The number of benzene rings is 2. The van der Waals surface area contributed by atoms with Crippen molar-refractivity contribution in [3.05, 3.63) is 64.2 Å². The van der Waals surface area contributed by atoms with Crippen molar-refractivity contribution in [2.24, 2.45) is 0 Å². The van der Waals surface area contributed by atoms with Crippen molar-refractivity contribution in [2.45, 2.75) is 25.4 Å². The maximum Gasteiger partial charge on any atom is 0.231 e. The fourth-order valence-corrected chi connectivity index (χ4v) is 5.01. The van der Waals surface area contributed by atoms with Gasteiger partial charge in [-0.3, -0.25) is 4.90 Å². The monoisotopic (exact) mass is 498 g/mol. The fraction of sp³-hybridized carbons (Fsp3) is 0.304. The molecule has 176 valence electrons. The number of para-hydroxylation sites is 2. The van der Waals surface area contributed by atoms with Crippen molar-refractivity contribution in [2.75, 3.05) is 25.5 Å². The van der Waals surface area contributed by atoms with E-state index in [1.54, 1.807) is 19.2 Å². The summed E-state index contributed by atoms with van der Waals surface area (Å²) in [5, 5.41) is 12.8. The van der Waals surface area contributed by atoms with Gasteiger partial charge in [0.15, 0.2) is 3.95 Å². The lowest BCUT2D eigenvalue weighted by Crippen LogP contribution is -2.36. The van der Waals surface area contributed by atoms with E-state index in [0.29, 0.717) is 27.5 Å². The number of likely N-dealkylation sites (tertiary alicyclic amines) is 1. The molecule has 0 bridgehead atoms. The number of aromatic nitrogens is 4. The van der Waals surface area contributed by atoms with Crippen LogP contribution in [0, 0.1) is 9.77 Å². The van der Waals surface area contributed by atoms with Crippen LogP contribution in [-0.2, 0) is 6.67 Å². The predicted octanol–water partition coefficient (Wildman–Crippen LogP) is 5.45. The van der Waals surface area contributed by atoms with Crippen LogP contribution in [0.5, 0.6) is 5.75 Å². The lowest BCUT2D eigenvalue weighted by Gasteiger charge is -2.30. The van der Waals surface area contributed by atoms with E-state index in [2.05, 4.69) is 25.5 Å². The molecule has 2 aromatic carbocycles. The molecule has 0 spiro atoms. The third-order valence-corrected chi connectivity index (χ3v) is 6.91. The quantitative estimate of drug-likeness (QED) is 0.337. The van der Waals surface area contributed by atoms with Crippen LogP contribution < -0.4 is 10.1 Å². The summed E-state index contributed by atoms with van der Waals surface area (Å²) in [5.41, 5.74) is 1.57. The van der Waals surface area contributed by atoms with Crippen molar-refractivity contribution in [1.82, 2.24) is 24.8 Å². The Bertz CT molecular complexity index is 1320. The fourth-order valence-electron chi connectivity index (χ4n) is 4.00. The van der Waals surface area contributed by atoms with Crippen molar-refractivity contribution >= 4 is 34.4 Å². The molecule has 0 saturated carbocycles. The molecule has 1 fully saturated rings. The second kappa shape index (κ2) is 10.00. The Morgan fingerprint density at radius 1 is 1.24 bits per heavy atom. The first-order chi connectivity index (χ1) is 16.6. The number of hydrogen-bond donors (Lipinski definition) is 1. The first-order valence-electron chi connectivity index (χ1n) is 10.9. The summed E-state index contributed by atoms with van der Waals surface area (Å²) in [4.78, 5) is 6.86. The SMILES string of the molecule is COc1ccccc1Nc1nn(CN2CCC[C@@H](c3nc(-c4ccc(F)cc4)no3)C2)c(=S)s1. The second-order valence-electron chi connectivity index (χ2n) is 8.02. The van der Waals surface area contributed by atoms with E-state index in [4.69, 9.17) is 21.5 Å². The molecule has 1 saturated heterocycles. The molecule has 1 aliphatic rings. The number of anilines is 2. The first-order valence-corrected chi connectivity index (χ1v) is 12.1. The van der Waals surface area contributed by atoms with Gasteiger partial charge in [0.1, 0.15) is 11.6 Å². The first kappa shape index (κ1) is 22.6. The molecule has 34 heavy (non-hydrogen) atoms. The van der Waals surface area contributed by atoms with Gasteiger partial charge in [0.2, 0.25) is 16.8 Å². The van der Waals surface area contributed by atoms with Gasteiger partial charge in [0.05, 0.1) is 25.4 Å². The van der Waals surface area contributed by atoms with E-state index in [1.807, 2.05) is 28.9 Å². The normalized spacial score (nSPS) is 16.5. The van der Waals surface area contributed by atoms with Crippen molar-refractivity contribution < 1.29 is 13.7 Å². The molecule has 5 rings (SSSR count). The lowest BCUT2D eigenvalue weighted by atomic mass is 9.98. The van der Waals surface area contributed by atoms with Crippen LogP contribution in [0.4, 0.5) is 15.2 Å². The maximum absolute atomic E-state index is 13.2. The largest absolute Gasteiger partial charge is 0.495 e. The zero-order valence-electron chi connectivity index (χ0n) is 18.5. The lowest BCUT2D eigenvalue weighted by molar-refractivity contribution is 0.144. The summed E-state index contributed by atoms with van der Waals surface area (Å²) in [6.45, 7) is 2.28. The third kappa shape index (κ3) is 5.01. The van der Waals surface area contributed by atoms with Gasteiger partial charge in [-0.2, -0.15) is 4.98 Å². The number of piperidine rings is 1. The van der Waals surface area contributed by atoms with Gasteiger partial charge in [-0.05, 0) is 68.0 Å². The number of hydrogen-bond acceptors (Lipinski definition) is 9. The van der Waals surface area contributed by atoms with Crippen molar-refractivity contribution in [3.63, 3.8) is 0 Å². The highest BCUT2D eigenvalue weighted by molar-refractivity contribution is 7.73. The van der Waals surface area contributed by atoms with Crippen molar-refractivity contribution in [3.8, 4) is 17.1 Å². The highest BCUT2D eigenvalue weighted by Gasteiger charge is 2.27. The minimum atomic E-state index is -0.294. The van der Waals surface area contributed by atoms with Crippen LogP contribution in [0.2, 0.25) is 0 Å². The Morgan fingerprint density at radius 2 is 2.06 bits per heavy atom. The molecule has 8 nitrogen and oxygen atoms in total. The standard InChI is InChI=1S/C23H23FN6O2S2/c1-31-19-7-3-2-6-18(19)25-22-27-30(23(33)34-22)14-29-12-4-5-16(13-29)21-26-20(28-32-21)15-8-10-17(24)11-9-15/h2-3,6-11,16H,4-5,12-14H2,1H3,(H,25,27)/t16-/m1/s1. The molecule has 0 radical (unpaired) electrons. The van der Waals surface area contributed by atoms with Crippen LogP contribution >= 0.6 is 23.6 Å². The van der Waals surface area contributed by atoms with E-state index in [9.17, 15) is 4.39 Å². The number of ether oxygens (including phenoxy) is 1. The van der Waals surface area contributed by atoms with Gasteiger partial charge < -0.3 is 14.6 Å². The third-order valence-electron chi connectivity index (χ3n) is 5.69. The van der Waals surface area contributed by atoms with Crippen LogP contribution in [0.25, 0.3) is 11.4 Å². The summed E-state index contributed by atoms with van der Waals surface area (Å²) in [5.74, 6) is 1.64. The van der Waals surface area contributed by atoms with Gasteiger partial charge >= 0.3 is 0 Å². The van der Waals surface area contributed by atoms with E-state index in [-0.39, 0.29) is 11.7 Å². The van der Waals surface area contributed by atoms with Gasteiger partial charge in [-0.15, -0.1) is 5.10 Å². The summed E-state index contributed by atoms with van der Waals surface area (Å²) >= 11 is 6.98. The number of nitrogens with one attached hydrogen (secondary N) is 1. The molecule has 1 N–H and O–H groups in total. The average Bonchev–Trinajstić information content (AvgIpc) is 3.47. The van der Waals surface area contributed by atoms with Crippen LogP contribution in [0.1, 0.15) is 24.7 Å². The van der Waals surface area contributed by atoms with Crippen LogP contribution in [0.15, 0.2) is 53.1 Å². The summed E-state index contributed by atoms with van der Waals surface area (Å²) in [7, 11) is 1.64. The predicted molar refractivity (Wildman–Crippen MR) is 130 cm³/mol. The average molecular weight is 499 g/mol. The molecule has 0 aliphatic carbocycles. The molecule has 3 heterocycles. The van der Waals surface area contributed by atoms with Gasteiger partial charge in [0.25, 0.3) is 0 Å². The highest BCUT2D eigenvalue weighted by Crippen LogP contribution is 2.30. The zero-order chi connectivity index (χ0) is 23.5. The number of nitrogens with zero attached hydrogens (tertiary/aromatic N) is 5. The molecule has 11 heteroatoms. The summed E-state index contributed by atoms with van der Waals surface area (Å²) < 4.78 is 26.7. The topological polar surface area (TPSA) is 81.2 Å².